The highest BCUT2D eigenvalue weighted by Gasteiger charge is 2.26. The van der Waals surface area contributed by atoms with Crippen LogP contribution >= 0.6 is 0 Å². The fourth-order valence-corrected chi connectivity index (χ4v) is 1.04. The molecule has 1 amide bonds. The molecule has 0 aliphatic carbocycles. The molecule has 0 heterocycles. The van der Waals surface area contributed by atoms with Crippen molar-refractivity contribution in [3.63, 3.8) is 0 Å². The van der Waals surface area contributed by atoms with Gasteiger partial charge in [-0.25, -0.2) is 0 Å². The summed E-state index contributed by atoms with van der Waals surface area (Å²) in [5.74, 6) is -0.107. The third kappa shape index (κ3) is 8.52. The lowest BCUT2D eigenvalue weighted by Gasteiger charge is -2.15. The monoisotopic (exact) mass is 240 g/mol. The van der Waals surface area contributed by atoms with Crippen LogP contribution in [0.25, 0.3) is 0 Å². The molecule has 6 heteroatoms. The van der Waals surface area contributed by atoms with E-state index < -0.39 is 12.6 Å². The Labute approximate surface area is 93.6 Å². The summed E-state index contributed by atoms with van der Waals surface area (Å²) < 4.78 is 35.3. The number of carbonyl (C=O) groups excluding carboxylic acids is 1. The minimum Gasteiger partial charge on any atom is -0.356 e. The summed E-state index contributed by atoms with van der Waals surface area (Å²) in [4.78, 5) is 11.2. The van der Waals surface area contributed by atoms with Gasteiger partial charge >= 0.3 is 6.18 Å². The molecule has 96 valence electrons. The molecule has 0 aromatic heterocycles. The molecule has 0 radical (unpaired) electrons. The number of halogens is 3. The Morgan fingerprint density at radius 1 is 1.38 bits per heavy atom. The van der Waals surface area contributed by atoms with Gasteiger partial charge in [-0.15, -0.1) is 0 Å². The van der Waals surface area contributed by atoms with E-state index in [-0.39, 0.29) is 37.3 Å². The number of amides is 1. The Morgan fingerprint density at radius 3 is 2.38 bits per heavy atom. The van der Waals surface area contributed by atoms with Gasteiger partial charge in [0, 0.05) is 25.4 Å². The largest absolute Gasteiger partial charge is 0.389 e. The lowest BCUT2D eigenvalue weighted by atomic mass is 10.0. The van der Waals surface area contributed by atoms with E-state index in [0.29, 0.717) is 0 Å². The zero-order valence-corrected chi connectivity index (χ0v) is 9.60. The van der Waals surface area contributed by atoms with Crippen molar-refractivity contribution in [2.24, 2.45) is 11.7 Å². The maximum absolute atomic E-state index is 11.8. The summed E-state index contributed by atoms with van der Waals surface area (Å²) in [6.45, 7) is 3.83. The molecule has 0 fully saturated rings. The summed E-state index contributed by atoms with van der Waals surface area (Å²) in [5.41, 5.74) is 5.65. The summed E-state index contributed by atoms with van der Waals surface area (Å²) in [5, 5.41) is 2.42. The number of nitrogens with two attached hydrogens (primary N) is 1. The summed E-state index contributed by atoms with van der Waals surface area (Å²) >= 11 is 0. The molecule has 0 bridgehead atoms. The van der Waals surface area contributed by atoms with Crippen LogP contribution in [-0.2, 0) is 4.79 Å². The van der Waals surface area contributed by atoms with Gasteiger partial charge < -0.3 is 11.1 Å². The normalized spacial score (nSPS) is 13.9. The Hall–Kier alpha value is -0.780. The van der Waals surface area contributed by atoms with Crippen molar-refractivity contribution < 1.29 is 18.0 Å². The maximum atomic E-state index is 11.8. The van der Waals surface area contributed by atoms with E-state index >= 15 is 0 Å². The Morgan fingerprint density at radius 2 is 1.94 bits per heavy atom. The van der Waals surface area contributed by atoms with Gasteiger partial charge in [0.25, 0.3) is 0 Å². The number of rotatable bonds is 6. The van der Waals surface area contributed by atoms with Gasteiger partial charge in [-0.3, -0.25) is 4.79 Å². The highest BCUT2D eigenvalue weighted by Crippen LogP contribution is 2.20. The van der Waals surface area contributed by atoms with Crippen LogP contribution in [0.1, 0.15) is 33.1 Å². The zero-order chi connectivity index (χ0) is 12.8. The molecule has 3 N–H and O–H groups in total. The van der Waals surface area contributed by atoms with E-state index in [0.717, 1.165) is 0 Å². The summed E-state index contributed by atoms with van der Waals surface area (Å²) in [6, 6.07) is -0.248. The summed E-state index contributed by atoms with van der Waals surface area (Å²) in [6.07, 6.45) is -4.96. The van der Waals surface area contributed by atoms with E-state index in [1.165, 1.54) is 0 Å². The molecule has 1 atom stereocenters. The van der Waals surface area contributed by atoms with Crippen molar-refractivity contribution in [3.05, 3.63) is 0 Å². The van der Waals surface area contributed by atoms with Gasteiger partial charge in [-0.2, -0.15) is 13.2 Å². The molecule has 1 unspecified atom stereocenters. The first-order chi connectivity index (χ1) is 7.22. The number of hydrogen-bond acceptors (Lipinski definition) is 2. The number of carbonyl (C=O) groups is 1. The quantitative estimate of drug-likeness (QED) is 0.696. The lowest BCUT2D eigenvalue weighted by molar-refractivity contribution is -0.136. The Bertz CT molecular complexity index is 217. The predicted molar refractivity (Wildman–Crippen MR) is 55.7 cm³/mol. The van der Waals surface area contributed by atoms with Crippen molar-refractivity contribution in [1.29, 1.82) is 0 Å². The van der Waals surface area contributed by atoms with Gasteiger partial charge in [0.2, 0.25) is 5.91 Å². The maximum Gasteiger partial charge on any atom is 0.389 e. The molecule has 0 aromatic rings. The first-order valence-corrected chi connectivity index (χ1v) is 5.31. The molecule has 0 rings (SSSR count). The van der Waals surface area contributed by atoms with Gasteiger partial charge in [0.15, 0.2) is 0 Å². The van der Waals surface area contributed by atoms with Crippen LogP contribution in [0.3, 0.4) is 0 Å². The van der Waals surface area contributed by atoms with Crippen molar-refractivity contribution >= 4 is 5.91 Å². The van der Waals surface area contributed by atoms with E-state index in [2.05, 4.69) is 5.32 Å². The van der Waals surface area contributed by atoms with Crippen LogP contribution in [0.2, 0.25) is 0 Å². The molecule has 0 spiro atoms. The van der Waals surface area contributed by atoms with Crippen LogP contribution in [0.5, 0.6) is 0 Å². The van der Waals surface area contributed by atoms with Gasteiger partial charge in [0.05, 0.1) is 0 Å². The lowest BCUT2D eigenvalue weighted by Crippen LogP contribution is -2.35. The van der Waals surface area contributed by atoms with Gasteiger partial charge in [0.1, 0.15) is 0 Å². The molecule has 0 aliphatic rings. The summed E-state index contributed by atoms with van der Waals surface area (Å²) in [7, 11) is 0. The van der Waals surface area contributed by atoms with Crippen LogP contribution in [0.4, 0.5) is 13.2 Å². The smallest absolute Gasteiger partial charge is 0.356 e. The second kappa shape index (κ2) is 6.73. The van der Waals surface area contributed by atoms with Crippen molar-refractivity contribution in [2.75, 3.05) is 6.54 Å². The molecular weight excluding hydrogens is 221 g/mol. The molecule has 0 saturated carbocycles. The van der Waals surface area contributed by atoms with E-state index in [9.17, 15) is 18.0 Å². The van der Waals surface area contributed by atoms with Gasteiger partial charge in [-0.1, -0.05) is 13.8 Å². The Kier molecular flexibility index (Phi) is 6.40. The van der Waals surface area contributed by atoms with Crippen molar-refractivity contribution in [2.45, 2.75) is 45.3 Å². The van der Waals surface area contributed by atoms with E-state index in [4.69, 9.17) is 5.73 Å². The van der Waals surface area contributed by atoms with Crippen LogP contribution in [0.15, 0.2) is 0 Å². The fraction of sp³-hybridized carbons (Fsp3) is 0.900. The molecular formula is C10H19F3N2O. The topological polar surface area (TPSA) is 55.1 Å². The average molecular weight is 240 g/mol. The zero-order valence-electron chi connectivity index (χ0n) is 9.60. The van der Waals surface area contributed by atoms with Crippen molar-refractivity contribution in [3.8, 4) is 0 Å². The number of hydrogen-bond donors (Lipinski definition) is 2. The second-order valence-electron chi connectivity index (χ2n) is 4.18. The SMILES string of the molecule is CC(C)C(N)CC(=O)NCCCC(F)(F)F. The minimum atomic E-state index is -4.15. The standard InChI is InChI=1S/C10H19F3N2O/c1-7(2)8(14)6-9(16)15-5-3-4-10(11,12)13/h7-8H,3-6,14H2,1-2H3,(H,15,16). The molecule has 0 aromatic carbocycles. The number of nitrogens with one attached hydrogen (secondary N) is 1. The molecule has 0 aliphatic heterocycles. The van der Waals surface area contributed by atoms with E-state index in [1.54, 1.807) is 0 Å². The average Bonchev–Trinajstić information content (AvgIpc) is 2.10. The van der Waals surface area contributed by atoms with Crippen LogP contribution in [0, 0.1) is 5.92 Å². The third-order valence-corrected chi connectivity index (χ3v) is 2.24. The third-order valence-electron chi connectivity index (χ3n) is 2.24. The first-order valence-electron chi connectivity index (χ1n) is 5.31. The Balaban J connectivity index is 3.59. The second-order valence-corrected chi connectivity index (χ2v) is 4.18. The highest BCUT2D eigenvalue weighted by atomic mass is 19.4. The molecule has 0 saturated heterocycles. The van der Waals surface area contributed by atoms with Crippen LogP contribution in [-0.4, -0.2) is 24.7 Å². The van der Waals surface area contributed by atoms with E-state index in [1.807, 2.05) is 13.8 Å². The van der Waals surface area contributed by atoms with Crippen LogP contribution < -0.4 is 11.1 Å². The minimum absolute atomic E-state index is 0.0448. The highest BCUT2D eigenvalue weighted by molar-refractivity contribution is 5.76. The van der Waals surface area contributed by atoms with Gasteiger partial charge in [-0.05, 0) is 12.3 Å². The fourth-order valence-electron chi connectivity index (χ4n) is 1.04. The number of alkyl halides is 3. The first kappa shape index (κ1) is 15.2. The molecule has 3 nitrogen and oxygen atoms in total. The predicted octanol–water partition coefficient (Wildman–Crippen LogP) is 1.82. The molecule has 16 heavy (non-hydrogen) atoms. The van der Waals surface area contributed by atoms with Crippen molar-refractivity contribution in [1.82, 2.24) is 5.32 Å².